The molecule has 3 aromatic carbocycles. The number of ether oxygens (including phenoxy) is 1. The first kappa shape index (κ1) is 18.6. The number of halogens is 1. The number of carboxylic acids is 1. The lowest BCUT2D eigenvalue weighted by atomic mass is 9.85. The smallest absolute Gasteiger partial charge is 0.335 e. The number of rotatable bonds is 4. The SMILES string of the molecule is CC1(Cc2ccccc2Cl)CCc2cccc(-c3cccc(C(=O)O)c3)c2O1. The Kier molecular flexibility index (Phi) is 4.86. The number of aryl methyl sites for hydroxylation is 1. The van der Waals surface area contributed by atoms with E-state index in [2.05, 4.69) is 13.0 Å². The Morgan fingerprint density at radius 2 is 1.89 bits per heavy atom. The van der Waals surface area contributed by atoms with Gasteiger partial charge in [-0.2, -0.15) is 0 Å². The highest BCUT2D eigenvalue weighted by atomic mass is 35.5. The second-order valence-electron chi connectivity index (χ2n) is 7.50. The van der Waals surface area contributed by atoms with Gasteiger partial charge in [-0.25, -0.2) is 4.79 Å². The lowest BCUT2D eigenvalue weighted by molar-refractivity contribution is 0.0660. The van der Waals surface area contributed by atoms with Crippen LogP contribution in [-0.2, 0) is 12.8 Å². The van der Waals surface area contributed by atoms with Crippen LogP contribution in [0.4, 0.5) is 0 Å². The molecule has 0 aliphatic carbocycles. The van der Waals surface area contributed by atoms with Gasteiger partial charge in [-0.15, -0.1) is 0 Å². The van der Waals surface area contributed by atoms with Gasteiger partial charge in [0, 0.05) is 17.0 Å². The number of benzene rings is 3. The number of aromatic carboxylic acids is 1. The maximum Gasteiger partial charge on any atom is 0.335 e. The lowest BCUT2D eigenvalue weighted by Gasteiger charge is -2.37. The van der Waals surface area contributed by atoms with Gasteiger partial charge in [-0.1, -0.05) is 60.1 Å². The van der Waals surface area contributed by atoms with E-state index in [-0.39, 0.29) is 11.2 Å². The van der Waals surface area contributed by atoms with E-state index in [1.807, 2.05) is 42.5 Å². The first-order chi connectivity index (χ1) is 13.5. The molecule has 0 radical (unpaired) electrons. The highest BCUT2D eigenvalue weighted by Crippen LogP contribution is 2.42. The molecule has 4 heteroatoms. The van der Waals surface area contributed by atoms with Crippen molar-refractivity contribution in [3.05, 3.63) is 88.4 Å². The van der Waals surface area contributed by atoms with Crippen molar-refractivity contribution < 1.29 is 14.6 Å². The molecule has 1 aliphatic heterocycles. The van der Waals surface area contributed by atoms with Crippen molar-refractivity contribution in [2.45, 2.75) is 31.8 Å². The summed E-state index contributed by atoms with van der Waals surface area (Å²) in [5.41, 5.74) is 3.88. The molecule has 0 aromatic heterocycles. The molecule has 3 nitrogen and oxygen atoms in total. The van der Waals surface area contributed by atoms with Crippen LogP contribution in [0.15, 0.2) is 66.7 Å². The van der Waals surface area contributed by atoms with Crippen LogP contribution in [0.3, 0.4) is 0 Å². The monoisotopic (exact) mass is 392 g/mol. The van der Waals surface area contributed by atoms with Gasteiger partial charge in [0.1, 0.15) is 11.4 Å². The predicted molar refractivity (Wildman–Crippen MR) is 111 cm³/mol. The molecule has 1 aliphatic rings. The zero-order valence-corrected chi connectivity index (χ0v) is 16.4. The Bertz CT molecular complexity index is 1040. The molecular formula is C24H21ClO3. The van der Waals surface area contributed by atoms with Crippen molar-refractivity contribution in [2.24, 2.45) is 0 Å². The summed E-state index contributed by atoms with van der Waals surface area (Å²) in [5.74, 6) is -0.0954. The third-order valence-corrected chi connectivity index (χ3v) is 5.68. The van der Waals surface area contributed by atoms with Gasteiger partial charge in [0.15, 0.2) is 0 Å². The molecule has 1 unspecified atom stereocenters. The highest BCUT2D eigenvalue weighted by Gasteiger charge is 2.33. The Morgan fingerprint density at radius 3 is 2.68 bits per heavy atom. The molecular weight excluding hydrogens is 372 g/mol. The van der Waals surface area contributed by atoms with Crippen LogP contribution < -0.4 is 4.74 Å². The van der Waals surface area contributed by atoms with Gasteiger partial charge < -0.3 is 9.84 Å². The van der Waals surface area contributed by atoms with E-state index < -0.39 is 5.97 Å². The van der Waals surface area contributed by atoms with E-state index >= 15 is 0 Å². The molecule has 1 N–H and O–H groups in total. The molecule has 0 amide bonds. The van der Waals surface area contributed by atoms with Crippen molar-refractivity contribution in [2.75, 3.05) is 0 Å². The first-order valence-electron chi connectivity index (χ1n) is 9.33. The van der Waals surface area contributed by atoms with Crippen LogP contribution in [0.25, 0.3) is 11.1 Å². The average molecular weight is 393 g/mol. The van der Waals surface area contributed by atoms with E-state index in [1.54, 1.807) is 18.2 Å². The fourth-order valence-electron chi connectivity index (χ4n) is 3.81. The summed E-state index contributed by atoms with van der Waals surface area (Å²) < 4.78 is 6.56. The van der Waals surface area contributed by atoms with Gasteiger partial charge in [0.2, 0.25) is 0 Å². The third kappa shape index (κ3) is 3.63. The van der Waals surface area contributed by atoms with Crippen molar-refractivity contribution in [3.8, 4) is 16.9 Å². The largest absolute Gasteiger partial charge is 0.486 e. The predicted octanol–water partition coefficient (Wildman–Crippen LogP) is 6.03. The minimum atomic E-state index is -0.934. The molecule has 4 rings (SSSR count). The normalized spacial score (nSPS) is 18.2. The van der Waals surface area contributed by atoms with Crippen LogP contribution in [0.1, 0.15) is 34.8 Å². The summed E-state index contributed by atoms with van der Waals surface area (Å²) in [7, 11) is 0. The molecule has 1 heterocycles. The molecule has 142 valence electrons. The molecule has 1 atom stereocenters. The maximum atomic E-state index is 11.4. The standard InChI is InChI=1S/C24H21ClO3/c1-24(15-19-6-2-3-11-21(19)25)13-12-16-7-5-10-20(22(16)28-24)17-8-4-9-18(14-17)23(26)27/h2-11,14H,12-13,15H2,1H3,(H,26,27). The zero-order valence-electron chi connectivity index (χ0n) is 15.6. The molecule has 0 saturated heterocycles. The Balaban J connectivity index is 1.71. The van der Waals surface area contributed by atoms with E-state index in [9.17, 15) is 9.90 Å². The van der Waals surface area contributed by atoms with Crippen LogP contribution >= 0.6 is 11.6 Å². The summed E-state index contributed by atoms with van der Waals surface area (Å²) in [6, 6.07) is 20.9. The van der Waals surface area contributed by atoms with Gasteiger partial charge in [-0.05, 0) is 54.7 Å². The van der Waals surface area contributed by atoms with Crippen molar-refractivity contribution in [1.29, 1.82) is 0 Å². The molecule has 0 bridgehead atoms. The maximum absolute atomic E-state index is 11.4. The molecule has 0 saturated carbocycles. The van der Waals surface area contributed by atoms with Gasteiger partial charge in [0.25, 0.3) is 0 Å². The second kappa shape index (κ2) is 7.33. The fourth-order valence-corrected chi connectivity index (χ4v) is 4.02. The van der Waals surface area contributed by atoms with Crippen LogP contribution in [-0.4, -0.2) is 16.7 Å². The van der Waals surface area contributed by atoms with Crippen molar-refractivity contribution in [1.82, 2.24) is 0 Å². The van der Waals surface area contributed by atoms with E-state index in [0.717, 1.165) is 52.3 Å². The number of fused-ring (bicyclic) bond motifs is 1. The molecule has 28 heavy (non-hydrogen) atoms. The summed E-state index contributed by atoms with van der Waals surface area (Å²) in [5, 5.41) is 10.1. The number of hydrogen-bond acceptors (Lipinski definition) is 2. The number of para-hydroxylation sites is 1. The minimum Gasteiger partial charge on any atom is -0.486 e. The molecule has 0 fully saturated rings. The van der Waals surface area contributed by atoms with E-state index in [1.165, 1.54) is 0 Å². The first-order valence-corrected chi connectivity index (χ1v) is 9.71. The Labute approximate surface area is 169 Å². The zero-order chi connectivity index (χ0) is 19.7. The number of carbonyl (C=O) groups is 1. The van der Waals surface area contributed by atoms with Crippen LogP contribution in [0, 0.1) is 0 Å². The van der Waals surface area contributed by atoms with Gasteiger partial charge in [0.05, 0.1) is 5.56 Å². The fraction of sp³-hybridized carbons (Fsp3) is 0.208. The summed E-state index contributed by atoms with van der Waals surface area (Å²) in [6.07, 6.45) is 2.52. The Morgan fingerprint density at radius 1 is 1.11 bits per heavy atom. The third-order valence-electron chi connectivity index (χ3n) is 5.31. The number of hydrogen-bond donors (Lipinski definition) is 1. The number of carboxylic acid groups (broad SMARTS) is 1. The summed E-state index contributed by atoms with van der Waals surface area (Å²) in [4.78, 5) is 11.4. The van der Waals surface area contributed by atoms with E-state index in [0.29, 0.717) is 0 Å². The quantitative estimate of drug-likeness (QED) is 0.589. The highest BCUT2D eigenvalue weighted by molar-refractivity contribution is 6.31. The van der Waals surface area contributed by atoms with Crippen molar-refractivity contribution >= 4 is 17.6 Å². The summed E-state index contributed by atoms with van der Waals surface area (Å²) >= 11 is 6.37. The van der Waals surface area contributed by atoms with E-state index in [4.69, 9.17) is 16.3 Å². The van der Waals surface area contributed by atoms with Gasteiger partial charge in [-0.3, -0.25) is 0 Å². The Hall–Kier alpha value is -2.78. The van der Waals surface area contributed by atoms with Crippen LogP contribution in [0.5, 0.6) is 5.75 Å². The van der Waals surface area contributed by atoms with Crippen LogP contribution in [0.2, 0.25) is 5.02 Å². The topological polar surface area (TPSA) is 46.5 Å². The molecule has 0 spiro atoms. The van der Waals surface area contributed by atoms with Gasteiger partial charge >= 0.3 is 5.97 Å². The lowest BCUT2D eigenvalue weighted by Crippen LogP contribution is -2.38. The average Bonchev–Trinajstić information content (AvgIpc) is 2.69. The second-order valence-corrected chi connectivity index (χ2v) is 7.91. The minimum absolute atomic E-state index is 0.268. The summed E-state index contributed by atoms with van der Waals surface area (Å²) in [6.45, 7) is 2.11. The molecule has 3 aromatic rings. The van der Waals surface area contributed by atoms with Crippen molar-refractivity contribution in [3.63, 3.8) is 0 Å².